The Morgan fingerprint density at radius 1 is 0.848 bits per heavy atom. The van der Waals surface area contributed by atoms with Crippen molar-refractivity contribution in [2.24, 2.45) is 0 Å². The van der Waals surface area contributed by atoms with E-state index < -0.39 is 24.0 Å². The molecule has 7 heteroatoms. The maximum absolute atomic E-state index is 12.7. The van der Waals surface area contributed by atoms with Gasteiger partial charge in [0.2, 0.25) is 5.91 Å². The van der Waals surface area contributed by atoms with Crippen molar-refractivity contribution in [3.05, 3.63) is 90.0 Å². The normalized spacial score (nSPS) is 12.8. The number of fused-ring (bicyclic) bond motifs is 3. The minimum Gasteiger partial charge on any atom is -0.481 e. The number of nitrogens with one attached hydrogen (secondary N) is 2. The molecule has 0 aliphatic heterocycles. The molecule has 0 aromatic heterocycles. The van der Waals surface area contributed by atoms with E-state index in [1.54, 1.807) is 24.3 Å². The molecule has 7 nitrogen and oxygen atoms in total. The highest BCUT2D eigenvalue weighted by Gasteiger charge is 2.30. The Morgan fingerprint density at radius 2 is 1.42 bits per heavy atom. The zero-order valence-corrected chi connectivity index (χ0v) is 17.9. The summed E-state index contributed by atoms with van der Waals surface area (Å²) in [7, 11) is 0. The molecule has 3 aromatic rings. The van der Waals surface area contributed by atoms with Gasteiger partial charge in [0.25, 0.3) is 0 Å². The fraction of sp³-hybridized carbons (Fsp3) is 0.192. The van der Waals surface area contributed by atoms with Crippen LogP contribution < -0.4 is 10.6 Å². The van der Waals surface area contributed by atoms with E-state index in [0.29, 0.717) is 5.69 Å². The Kier molecular flexibility index (Phi) is 6.69. The Balaban J connectivity index is 1.42. The van der Waals surface area contributed by atoms with Crippen LogP contribution in [0.4, 0.5) is 10.5 Å². The van der Waals surface area contributed by atoms with E-state index >= 15 is 0 Å². The van der Waals surface area contributed by atoms with Crippen molar-refractivity contribution in [1.29, 1.82) is 0 Å². The number of anilines is 1. The molecule has 0 heterocycles. The van der Waals surface area contributed by atoms with Crippen molar-refractivity contribution >= 4 is 23.7 Å². The molecule has 0 saturated heterocycles. The van der Waals surface area contributed by atoms with Gasteiger partial charge in [-0.15, -0.1) is 0 Å². The zero-order chi connectivity index (χ0) is 23.2. The first-order valence-corrected chi connectivity index (χ1v) is 10.7. The molecule has 0 fully saturated rings. The molecule has 1 atom stereocenters. The van der Waals surface area contributed by atoms with E-state index in [4.69, 9.17) is 9.84 Å². The summed E-state index contributed by atoms with van der Waals surface area (Å²) in [5, 5.41) is 14.2. The van der Waals surface area contributed by atoms with E-state index in [1.165, 1.54) is 0 Å². The number of aliphatic carboxylic acids is 1. The molecule has 0 saturated carbocycles. The summed E-state index contributed by atoms with van der Waals surface area (Å²) in [4.78, 5) is 36.3. The second-order valence-electron chi connectivity index (χ2n) is 7.81. The Bertz CT molecular complexity index is 1120. The summed E-state index contributed by atoms with van der Waals surface area (Å²) >= 11 is 0. The highest BCUT2D eigenvalue weighted by Crippen LogP contribution is 2.44. The number of carbonyl (C=O) groups excluding carboxylic acids is 2. The molecule has 3 aromatic carbocycles. The van der Waals surface area contributed by atoms with E-state index in [0.717, 1.165) is 22.3 Å². The van der Waals surface area contributed by atoms with E-state index in [9.17, 15) is 14.4 Å². The van der Waals surface area contributed by atoms with Gasteiger partial charge >= 0.3 is 12.1 Å². The van der Waals surface area contributed by atoms with Crippen molar-refractivity contribution in [1.82, 2.24) is 5.32 Å². The zero-order valence-electron chi connectivity index (χ0n) is 17.9. The maximum Gasteiger partial charge on any atom is 0.407 e. The molecule has 168 valence electrons. The molecule has 33 heavy (non-hydrogen) atoms. The predicted octanol–water partition coefficient (Wildman–Crippen LogP) is 4.40. The summed E-state index contributed by atoms with van der Waals surface area (Å²) in [6.45, 7) is 0.103. The Morgan fingerprint density at radius 3 is 2.03 bits per heavy atom. The van der Waals surface area contributed by atoms with Crippen LogP contribution in [0, 0.1) is 0 Å². The van der Waals surface area contributed by atoms with Gasteiger partial charge in [0.05, 0.1) is 0 Å². The van der Waals surface area contributed by atoms with E-state index in [-0.39, 0.29) is 25.4 Å². The van der Waals surface area contributed by atoms with Crippen molar-refractivity contribution in [3.8, 4) is 11.1 Å². The molecule has 1 unspecified atom stereocenters. The Labute approximate surface area is 191 Å². The van der Waals surface area contributed by atoms with Crippen LogP contribution in [0.15, 0.2) is 78.9 Å². The summed E-state index contributed by atoms with van der Waals surface area (Å²) in [6.07, 6.45) is -1.09. The lowest BCUT2D eigenvalue weighted by Gasteiger charge is -2.19. The van der Waals surface area contributed by atoms with Crippen LogP contribution >= 0.6 is 0 Å². The molecule has 4 rings (SSSR count). The first kappa shape index (κ1) is 22.1. The Hall–Kier alpha value is -4.13. The second-order valence-corrected chi connectivity index (χ2v) is 7.81. The number of carboxylic acid groups (broad SMARTS) is 1. The monoisotopic (exact) mass is 444 g/mol. The van der Waals surface area contributed by atoms with Crippen LogP contribution in [-0.2, 0) is 14.3 Å². The number of benzene rings is 3. The third kappa shape index (κ3) is 5.20. The fourth-order valence-electron chi connectivity index (χ4n) is 4.07. The molecular formula is C26H24N2O5. The third-order valence-electron chi connectivity index (χ3n) is 5.64. The fourth-order valence-corrected chi connectivity index (χ4v) is 4.07. The van der Waals surface area contributed by atoms with Gasteiger partial charge in [0.1, 0.15) is 12.6 Å². The van der Waals surface area contributed by atoms with Gasteiger partial charge in [-0.05, 0) is 40.8 Å². The number of amides is 2. The summed E-state index contributed by atoms with van der Waals surface area (Å²) in [6, 6.07) is 23.7. The number of carboxylic acids is 1. The summed E-state index contributed by atoms with van der Waals surface area (Å²) < 4.78 is 5.50. The molecule has 1 aliphatic carbocycles. The third-order valence-corrected chi connectivity index (χ3v) is 5.64. The van der Waals surface area contributed by atoms with Crippen molar-refractivity contribution in [2.75, 3.05) is 11.9 Å². The molecule has 0 radical (unpaired) electrons. The number of carbonyl (C=O) groups is 3. The standard InChI is InChI=1S/C26H24N2O5/c29-24(30)15-14-23(25(31)27-17-8-2-1-3-9-17)28-26(32)33-16-22-20-12-6-4-10-18(20)19-11-5-7-13-21(19)22/h1-13,22-23H,14-16H2,(H,27,31)(H,28,32)(H,29,30). The predicted molar refractivity (Wildman–Crippen MR) is 124 cm³/mol. The van der Waals surface area contributed by atoms with Gasteiger partial charge in [-0.1, -0.05) is 66.7 Å². The molecule has 1 aliphatic rings. The average molecular weight is 444 g/mol. The van der Waals surface area contributed by atoms with Gasteiger partial charge in [-0.2, -0.15) is 0 Å². The average Bonchev–Trinajstić information content (AvgIpc) is 3.14. The number of rotatable bonds is 8. The van der Waals surface area contributed by atoms with Crippen LogP contribution in [0.2, 0.25) is 0 Å². The van der Waals surface area contributed by atoms with Crippen LogP contribution in [0.3, 0.4) is 0 Å². The number of hydrogen-bond donors (Lipinski definition) is 3. The maximum atomic E-state index is 12.7. The van der Waals surface area contributed by atoms with E-state index in [2.05, 4.69) is 10.6 Å². The van der Waals surface area contributed by atoms with Gasteiger partial charge in [0, 0.05) is 18.0 Å². The lowest BCUT2D eigenvalue weighted by atomic mass is 9.98. The topological polar surface area (TPSA) is 105 Å². The number of alkyl carbamates (subject to hydrolysis) is 1. The van der Waals surface area contributed by atoms with Crippen molar-refractivity contribution in [3.63, 3.8) is 0 Å². The van der Waals surface area contributed by atoms with Gasteiger partial charge in [-0.3, -0.25) is 9.59 Å². The lowest BCUT2D eigenvalue weighted by molar-refractivity contribution is -0.137. The van der Waals surface area contributed by atoms with Crippen LogP contribution in [0.25, 0.3) is 11.1 Å². The summed E-state index contributed by atoms with van der Waals surface area (Å²) in [5.74, 6) is -1.67. The quantitative estimate of drug-likeness (QED) is 0.478. The van der Waals surface area contributed by atoms with Crippen LogP contribution in [-0.4, -0.2) is 35.7 Å². The number of ether oxygens (including phenoxy) is 1. The van der Waals surface area contributed by atoms with Crippen molar-refractivity contribution < 1.29 is 24.2 Å². The van der Waals surface area contributed by atoms with Crippen LogP contribution in [0.5, 0.6) is 0 Å². The van der Waals surface area contributed by atoms with Gasteiger partial charge in [-0.25, -0.2) is 4.79 Å². The number of hydrogen-bond acceptors (Lipinski definition) is 4. The molecule has 3 N–H and O–H groups in total. The highest BCUT2D eigenvalue weighted by molar-refractivity contribution is 5.96. The number of para-hydroxylation sites is 1. The highest BCUT2D eigenvalue weighted by atomic mass is 16.5. The lowest BCUT2D eigenvalue weighted by Crippen LogP contribution is -2.44. The SMILES string of the molecule is O=C(O)CCC(NC(=O)OCC1c2ccccc2-c2ccccc21)C(=O)Nc1ccccc1. The minimum absolute atomic E-state index is 0.0573. The van der Waals surface area contributed by atoms with Crippen molar-refractivity contribution in [2.45, 2.75) is 24.8 Å². The molecule has 0 spiro atoms. The minimum atomic E-state index is -1.05. The van der Waals surface area contributed by atoms with E-state index in [1.807, 2.05) is 54.6 Å². The smallest absolute Gasteiger partial charge is 0.407 e. The van der Waals surface area contributed by atoms with Crippen LogP contribution in [0.1, 0.15) is 29.9 Å². The second kappa shape index (κ2) is 9.99. The first-order chi connectivity index (χ1) is 16.0. The molecule has 0 bridgehead atoms. The van der Waals surface area contributed by atoms with Gasteiger partial charge < -0.3 is 20.5 Å². The first-order valence-electron chi connectivity index (χ1n) is 10.7. The molecule has 2 amide bonds. The summed E-state index contributed by atoms with van der Waals surface area (Å²) in [5.41, 5.74) is 4.94. The largest absolute Gasteiger partial charge is 0.481 e. The van der Waals surface area contributed by atoms with Gasteiger partial charge in [0.15, 0.2) is 0 Å². The molecular weight excluding hydrogens is 420 g/mol.